The van der Waals surface area contributed by atoms with Gasteiger partial charge in [-0.2, -0.15) is 0 Å². The lowest BCUT2D eigenvalue weighted by Gasteiger charge is -2.37. The Kier molecular flexibility index (Phi) is 5.45. The van der Waals surface area contributed by atoms with Crippen molar-refractivity contribution in [3.8, 4) is 0 Å². The average molecular weight is 371 g/mol. The van der Waals surface area contributed by atoms with Gasteiger partial charge >= 0.3 is 6.03 Å². The molecule has 1 N–H and O–H groups in total. The molecule has 4 rings (SSSR count). The van der Waals surface area contributed by atoms with Crippen molar-refractivity contribution in [2.75, 3.05) is 50.7 Å². The van der Waals surface area contributed by atoms with Gasteiger partial charge in [-0.1, -0.05) is 0 Å². The van der Waals surface area contributed by atoms with Crippen molar-refractivity contribution in [3.05, 3.63) is 24.5 Å². The molecule has 27 heavy (non-hydrogen) atoms. The Balaban J connectivity index is 1.20. The maximum Gasteiger partial charge on any atom is 0.317 e. The molecule has 0 unspecified atom stereocenters. The van der Waals surface area contributed by atoms with Crippen molar-refractivity contribution in [1.29, 1.82) is 0 Å². The van der Waals surface area contributed by atoms with E-state index in [0.29, 0.717) is 18.4 Å². The first-order valence-electron chi connectivity index (χ1n) is 10.2. The van der Waals surface area contributed by atoms with E-state index in [1.54, 1.807) is 12.4 Å². The van der Waals surface area contributed by atoms with E-state index in [9.17, 15) is 9.59 Å². The third kappa shape index (κ3) is 4.51. The van der Waals surface area contributed by atoms with Crippen LogP contribution in [0.5, 0.6) is 0 Å². The number of rotatable bonds is 4. The van der Waals surface area contributed by atoms with Crippen LogP contribution in [0.3, 0.4) is 0 Å². The van der Waals surface area contributed by atoms with Crippen molar-refractivity contribution in [2.45, 2.75) is 25.7 Å². The molecule has 146 valence electrons. The number of aromatic nitrogens is 1. The smallest absolute Gasteiger partial charge is 0.317 e. The van der Waals surface area contributed by atoms with Crippen molar-refractivity contribution in [3.63, 3.8) is 0 Å². The SMILES string of the molecule is O=C(NC[C@@H]1CCCN(C(=O)C2CC2)C1)N1CCN(c2ccncc2)CC1. The molecule has 0 radical (unpaired) electrons. The summed E-state index contributed by atoms with van der Waals surface area (Å²) in [7, 11) is 0. The van der Waals surface area contributed by atoms with Gasteiger partial charge < -0.3 is 20.0 Å². The number of likely N-dealkylation sites (tertiary alicyclic amines) is 1. The van der Waals surface area contributed by atoms with Gasteiger partial charge in [0.1, 0.15) is 0 Å². The van der Waals surface area contributed by atoms with Gasteiger partial charge in [0.15, 0.2) is 0 Å². The molecule has 1 aromatic rings. The van der Waals surface area contributed by atoms with Gasteiger partial charge in [-0.05, 0) is 43.7 Å². The summed E-state index contributed by atoms with van der Waals surface area (Å²) in [6, 6.07) is 4.04. The summed E-state index contributed by atoms with van der Waals surface area (Å²) in [5.41, 5.74) is 1.16. The molecule has 2 saturated heterocycles. The standard InChI is InChI=1S/C20H29N5O2/c26-19(17-3-4-17)25-9-1-2-16(15-25)14-22-20(27)24-12-10-23(11-13-24)18-5-7-21-8-6-18/h5-8,16-17H,1-4,9-15H2,(H,22,27)/t16-/m0/s1. The zero-order valence-electron chi connectivity index (χ0n) is 15.8. The summed E-state index contributed by atoms with van der Waals surface area (Å²) >= 11 is 0. The number of anilines is 1. The Morgan fingerprint density at radius 2 is 1.74 bits per heavy atom. The first-order valence-corrected chi connectivity index (χ1v) is 10.2. The highest BCUT2D eigenvalue weighted by atomic mass is 16.2. The normalized spacial score (nSPS) is 23.3. The van der Waals surface area contributed by atoms with E-state index in [1.165, 1.54) is 0 Å². The molecular formula is C20H29N5O2. The number of carbonyl (C=O) groups excluding carboxylic acids is 2. The van der Waals surface area contributed by atoms with E-state index in [0.717, 1.165) is 70.6 Å². The lowest BCUT2D eigenvalue weighted by Crippen LogP contribution is -2.53. The van der Waals surface area contributed by atoms with Crippen LogP contribution in [-0.2, 0) is 4.79 Å². The molecule has 7 heteroatoms. The summed E-state index contributed by atoms with van der Waals surface area (Å²) in [4.78, 5) is 35.0. The zero-order chi connectivity index (χ0) is 18.6. The molecule has 3 fully saturated rings. The summed E-state index contributed by atoms with van der Waals surface area (Å²) in [5, 5.41) is 3.10. The molecular weight excluding hydrogens is 342 g/mol. The number of amides is 3. The van der Waals surface area contributed by atoms with Gasteiger partial charge in [0.2, 0.25) is 5.91 Å². The van der Waals surface area contributed by atoms with Gasteiger partial charge in [-0.15, -0.1) is 0 Å². The van der Waals surface area contributed by atoms with Crippen LogP contribution >= 0.6 is 0 Å². The summed E-state index contributed by atoms with van der Waals surface area (Å²) in [6.07, 6.45) is 7.85. The Morgan fingerprint density at radius 1 is 1.00 bits per heavy atom. The number of urea groups is 1. The molecule has 2 aliphatic heterocycles. The predicted molar refractivity (Wildman–Crippen MR) is 103 cm³/mol. The van der Waals surface area contributed by atoms with Crippen LogP contribution in [0.2, 0.25) is 0 Å². The highest BCUT2D eigenvalue weighted by Gasteiger charge is 2.35. The number of hydrogen-bond acceptors (Lipinski definition) is 4. The molecule has 0 bridgehead atoms. The van der Waals surface area contributed by atoms with E-state index in [4.69, 9.17) is 0 Å². The lowest BCUT2D eigenvalue weighted by molar-refractivity contribution is -0.134. The second-order valence-corrected chi connectivity index (χ2v) is 7.93. The third-order valence-electron chi connectivity index (χ3n) is 5.89. The Bertz CT molecular complexity index is 656. The van der Waals surface area contributed by atoms with Gasteiger partial charge in [0, 0.05) is 69.8 Å². The maximum atomic E-state index is 12.5. The van der Waals surface area contributed by atoms with Gasteiger partial charge in [-0.3, -0.25) is 9.78 Å². The second kappa shape index (κ2) is 8.15. The van der Waals surface area contributed by atoms with Crippen LogP contribution in [0.15, 0.2) is 24.5 Å². The van der Waals surface area contributed by atoms with Crippen molar-refractivity contribution in [1.82, 2.24) is 20.1 Å². The summed E-state index contributed by atoms with van der Waals surface area (Å²) in [6.45, 7) is 5.48. The fraction of sp³-hybridized carbons (Fsp3) is 0.650. The molecule has 1 atom stereocenters. The molecule has 0 spiro atoms. The maximum absolute atomic E-state index is 12.5. The number of carbonyl (C=O) groups is 2. The summed E-state index contributed by atoms with van der Waals surface area (Å²) < 4.78 is 0. The highest BCUT2D eigenvalue weighted by Crippen LogP contribution is 2.32. The van der Waals surface area contributed by atoms with Crippen molar-refractivity contribution < 1.29 is 9.59 Å². The molecule has 0 aromatic carbocycles. The third-order valence-corrected chi connectivity index (χ3v) is 5.89. The van der Waals surface area contributed by atoms with E-state index in [-0.39, 0.29) is 11.9 Å². The first kappa shape index (κ1) is 18.1. The van der Waals surface area contributed by atoms with E-state index >= 15 is 0 Å². The molecule has 3 aliphatic rings. The monoisotopic (exact) mass is 371 g/mol. The molecule has 3 heterocycles. The fourth-order valence-electron chi connectivity index (χ4n) is 4.09. The molecule has 7 nitrogen and oxygen atoms in total. The van der Waals surface area contributed by atoms with Crippen LogP contribution in [0, 0.1) is 11.8 Å². The van der Waals surface area contributed by atoms with Crippen molar-refractivity contribution in [2.24, 2.45) is 11.8 Å². The van der Waals surface area contributed by atoms with Gasteiger partial charge in [0.05, 0.1) is 0 Å². The van der Waals surface area contributed by atoms with E-state index in [1.807, 2.05) is 21.9 Å². The molecule has 1 saturated carbocycles. The first-order chi connectivity index (χ1) is 13.2. The molecule has 1 aromatic heterocycles. The quantitative estimate of drug-likeness (QED) is 0.872. The second-order valence-electron chi connectivity index (χ2n) is 7.93. The van der Waals surface area contributed by atoms with E-state index < -0.39 is 0 Å². The van der Waals surface area contributed by atoms with Crippen molar-refractivity contribution >= 4 is 17.6 Å². The van der Waals surface area contributed by atoms with Gasteiger partial charge in [0.25, 0.3) is 0 Å². The lowest BCUT2D eigenvalue weighted by atomic mass is 9.97. The minimum Gasteiger partial charge on any atom is -0.368 e. The highest BCUT2D eigenvalue weighted by molar-refractivity contribution is 5.81. The zero-order valence-corrected chi connectivity index (χ0v) is 15.8. The van der Waals surface area contributed by atoms with Gasteiger partial charge in [-0.25, -0.2) is 4.79 Å². The Morgan fingerprint density at radius 3 is 2.44 bits per heavy atom. The number of hydrogen-bond donors (Lipinski definition) is 1. The van der Waals surface area contributed by atoms with Crippen LogP contribution in [0.25, 0.3) is 0 Å². The largest absolute Gasteiger partial charge is 0.368 e. The number of nitrogens with zero attached hydrogens (tertiary/aromatic N) is 4. The Hall–Kier alpha value is -2.31. The molecule has 1 aliphatic carbocycles. The van der Waals surface area contributed by atoms with Crippen LogP contribution in [0.4, 0.5) is 10.5 Å². The Labute approximate surface area is 160 Å². The van der Waals surface area contributed by atoms with Crippen LogP contribution < -0.4 is 10.2 Å². The van der Waals surface area contributed by atoms with Crippen LogP contribution in [0.1, 0.15) is 25.7 Å². The summed E-state index contributed by atoms with van der Waals surface area (Å²) in [5.74, 6) is 0.997. The molecule has 3 amide bonds. The number of pyridine rings is 1. The topological polar surface area (TPSA) is 68.8 Å². The number of nitrogens with one attached hydrogen (secondary N) is 1. The minimum atomic E-state index is 0.0232. The average Bonchev–Trinajstić information content (AvgIpc) is 3.58. The van der Waals surface area contributed by atoms with Crippen LogP contribution in [-0.4, -0.2) is 72.5 Å². The predicted octanol–water partition coefficient (Wildman–Crippen LogP) is 1.56. The fourth-order valence-corrected chi connectivity index (χ4v) is 4.09. The van der Waals surface area contributed by atoms with E-state index in [2.05, 4.69) is 15.2 Å². The number of piperazine rings is 1. The number of piperidine rings is 1. The minimum absolute atomic E-state index is 0.0232.